The van der Waals surface area contributed by atoms with Crippen LogP contribution in [0.4, 0.5) is 0 Å². The molecular weight excluding hydrogens is 192 g/mol. The first-order valence-corrected chi connectivity index (χ1v) is 4.76. The fraction of sp³-hybridized carbons (Fsp3) is 0.364. The Morgan fingerprint density at radius 2 is 1.87 bits per heavy atom. The summed E-state index contributed by atoms with van der Waals surface area (Å²) in [4.78, 5) is 10.6. The second-order valence-corrected chi connectivity index (χ2v) is 3.52. The lowest BCUT2D eigenvalue weighted by Crippen LogP contribution is -2.20. The number of nitrogens with two attached hydrogens (primary N) is 2. The lowest BCUT2D eigenvalue weighted by atomic mass is 10.1. The van der Waals surface area contributed by atoms with E-state index in [2.05, 4.69) is 0 Å². The number of carbonyl (C=O) groups excluding carboxylic acids is 1. The average molecular weight is 208 g/mol. The van der Waals surface area contributed by atoms with Gasteiger partial charge in [0.15, 0.2) is 6.61 Å². The Labute approximate surface area is 89.2 Å². The van der Waals surface area contributed by atoms with Crippen LogP contribution in [-0.2, 0) is 11.3 Å². The van der Waals surface area contributed by atoms with Gasteiger partial charge in [0.2, 0.25) is 0 Å². The van der Waals surface area contributed by atoms with Crippen LogP contribution in [0.15, 0.2) is 12.1 Å². The molecule has 82 valence electrons. The van der Waals surface area contributed by atoms with Gasteiger partial charge in [-0.1, -0.05) is 12.1 Å². The van der Waals surface area contributed by atoms with Crippen molar-refractivity contribution in [3.63, 3.8) is 0 Å². The predicted octanol–water partition coefficient (Wildman–Crippen LogP) is 0.626. The zero-order valence-electron chi connectivity index (χ0n) is 9.04. The van der Waals surface area contributed by atoms with E-state index in [9.17, 15) is 4.79 Å². The summed E-state index contributed by atoms with van der Waals surface area (Å²) in [5.74, 6) is 0.239. The van der Waals surface area contributed by atoms with Crippen molar-refractivity contribution < 1.29 is 9.53 Å². The van der Waals surface area contributed by atoms with Crippen molar-refractivity contribution in [3.05, 3.63) is 28.8 Å². The average Bonchev–Trinajstić information content (AvgIpc) is 2.15. The lowest BCUT2D eigenvalue weighted by Gasteiger charge is -2.12. The van der Waals surface area contributed by atoms with Crippen LogP contribution in [0.1, 0.15) is 16.7 Å². The molecule has 0 spiro atoms. The topological polar surface area (TPSA) is 78.3 Å². The first-order valence-electron chi connectivity index (χ1n) is 4.76. The smallest absolute Gasteiger partial charge is 0.255 e. The molecule has 0 saturated carbocycles. The van der Waals surface area contributed by atoms with Gasteiger partial charge in [0.05, 0.1) is 0 Å². The zero-order chi connectivity index (χ0) is 11.4. The molecule has 1 rings (SSSR count). The van der Waals surface area contributed by atoms with Gasteiger partial charge in [0.1, 0.15) is 5.75 Å². The molecular formula is C11H16N2O2. The maximum Gasteiger partial charge on any atom is 0.255 e. The van der Waals surface area contributed by atoms with Crippen LogP contribution in [-0.4, -0.2) is 12.5 Å². The lowest BCUT2D eigenvalue weighted by molar-refractivity contribution is -0.119. The molecule has 0 saturated heterocycles. The SMILES string of the molecule is Cc1cc(CN)cc(C)c1OCC(N)=O. The number of aryl methyl sites for hydroxylation is 2. The van der Waals surface area contributed by atoms with Gasteiger partial charge in [-0.3, -0.25) is 4.79 Å². The van der Waals surface area contributed by atoms with E-state index in [4.69, 9.17) is 16.2 Å². The largest absolute Gasteiger partial charge is 0.483 e. The molecule has 1 aromatic carbocycles. The molecule has 0 bridgehead atoms. The van der Waals surface area contributed by atoms with Crippen LogP contribution in [0.2, 0.25) is 0 Å². The van der Waals surface area contributed by atoms with Gasteiger partial charge in [-0.15, -0.1) is 0 Å². The van der Waals surface area contributed by atoms with Gasteiger partial charge < -0.3 is 16.2 Å². The first-order chi connectivity index (χ1) is 7.04. The van der Waals surface area contributed by atoms with Crippen LogP contribution in [0.5, 0.6) is 5.75 Å². The summed E-state index contributed by atoms with van der Waals surface area (Å²) < 4.78 is 5.31. The van der Waals surface area contributed by atoms with Crippen LogP contribution >= 0.6 is 0 Å². The van der Waals surface area contributed by atoms with E-state index in [0.29, 0.717) is 12.3 Å². The highest BCUT2D eigenvalue weighted by Gasteiger charge is 2.06. The van der Waals surface area contributed by atoms with Crippen molar-refractivity contribution in [2.45, 2.75) is 20.4 Å². The van der Waals surface area contributed by atoms with Gasteiger partial charge in [-0.2, -0.15) is 0 Å². The quantitative estimate of drug-likeness (QED) is 0.761. The summed E-state index contributed by atoms with van der Waals surface area (Å²) >= 11 is 0. The predicted molar refractivity (Wildman–Crippen MR) is 58.5 cm³/mol. The number of rotatable bonds is 4. The maximum atomic E-state index is 10.6. The van der Waals surface area contributed by atoms with Gasteiger partial charge in [0.25, 0.3) is 5.91 Å². The van der Waals surface area contributed by atoms with Crippen LogP contribution in [0, 0.1) is 13.8 Å². The number of ether oxygens (including phenoxy) is 1. The molecule has 0 radical (unpaired) electrons. The highest BCUT2D eigenvalue weighted by atomic mass is 16.5. The van der Waals surface area contributed by atoms with Gasteiger partial charge in [-0.25, -0.2) is 0 Å². The normalized spacial score (nSPS) is 10.1. The molecule has 4 N–H and O–H groups in total. The van der Waals surface area contributed by atoms with Gasteiger partial charge >= 0.3 is 0 Å². The molecule has 0 aliphatic carbocycles. The number of carbonyl (C=O) groups is 1. The Balaban J connectivity index is 2.92. The zero-order valence-corrected chi connectivity index (χ0v) is 9.04. The number of amides is 1. The summed E-state index contributed by atoms with van der Waals surface area (Å²) in [6, 6.07) is 3.90. The fourth-order valence-electron chi connectivity index (χ4n) is 1.53. The number of primary amides is 1. The molecule has 0 heterocycles. The third kappa shape index (κ3) is 2.95. The third-order valence-electron chi connectivity index (χ3n) is 2.11. The van der Waals surface area contributed by atoms with E-state index in [-0.39, 0.29) is 6.61 Å². The number of hydrogen-bond donors (Lipinski definition) is 2. The second-order valence-electron chi connectivity index (χ2n) is 3.52. The van der Waals surface area contributed by atoms with Gasteiger partial charge in [-0.05, 0) is 30.5 Å². The Morgan fingerprint density at radius 3 is 2.27 bits per heavy atom. The molecule has 0 aliphatic rings. The highest BCUT2D eigenvalue weighted by molar-refractivity contribution is 5.75. The monoisotopic (exact) mass is 208 g/mol. The van der Waals surface area contributed by atoms with Crippen LogP contribution < -0.4 is 16.2 Å². The van der Waals surface area contributed by atoms with Crippen molar-refractivity contribution in [3.8, 4) is 5.75 Å². The van der Waals surface area contributed by atoms with E-state index >= 15 is 0 Å². The van der Waals surface area contributed by atoms with Crippen molar-refractivity contribution in [1.82, 2.24) is 0 Å². The summed E-state index contributed by atoms with van der Waals surface area (Å²) in [5, 5.41) is 0. The summed E-state index contributed by atoms with van der Waals surface area (Å²) in [6.45, 7) is 4.24. The highest BCUT2D eigenvalue weighted by Crippen LogP contribution is 2.24. The summed E-state index contributed by atoms with van der Waals surface area (Å²) in [5.41, 5.74) is 13.5. The van der Waals surface area contributed by atoms with Crippen LogP contribution in [0.25, 0.3) is 0 Å². The minimum absolute atomic E-state index is 0.0936. The summed E-state index contributed by atoms with van der Waals surface area (Å²) in [6.07, 6.45) is 0. The Bertz CT molecular complexity index is 352. The molecule has 15 heavy (non-hydrogen) atoms. The Morgan fingerprint density at radius 1 is 1.33 bits per heavy atom. The van der Waals surface area contributed by atoms with Gasteiger partial charge in [0, 0.05) is 6.54 Å². The molecule has 0 fully saturated rings. The first kappa shape index (κ1) is 11.5. The van der Waals surface area contributed by atoms with Crippen molar-refractivity contribution >= 4 is 5.91 Å². The van der Waals surface area contributed by atoms with Crippen molar-refractivity contribution in [1.29, 1.82) is 0 Å². The Hall–Kier alpha value is -1.55. The minimum atomic E-state index is -0.475. The molecule has 0 atom stereocenters. The molecule has 1 amide bonds. The summed E-state index contributed by atoms with van der Waals surface area (Å²) in [7, 11) is 0. The van der Waals surface area contributed by atoms with E-state index in [1.165, 1.54) is 0 Å². The third-order valence-corrected chi connectivity index (χ3v) is 2.11. The van der Waals surface area contributed by atoms with E-state index < -0.39 is 5.91 Å². The fourth-order valence-corrected chi connectivity index (χ4v) is 1.53. The molecule has 0 aliphatic heterocycles. The number of hydrogen-bond acceptors (Lipinski definition) is 3. The molecule has 0 aromatic heterocycles. The minimum Gasteiger partial charge on any atom is -0.483 e. The van der Waals surface area contributed by atoms with Crippen molar-refractivity contribution in [2.24, 2.45) is 11.5 Å². The second kappa shape index (κ2) is 4.79. The molecule has 4 nitrogen and oxygen atoms in total. The molecule has 0 unspecified atom stereocenters. The van der Waals surface area contributed by atoms with E-state index in [1.54, 1.807) is 0 Å². The standard InChI is InChI=1S/C11H16N2O2/c1-7-3-9(5-12)4-8(2)11(7)15-6-10(13)14/h3-4H,5-6,12H2,1-2H3,(H2,13,14). The molecule has 1 aromatic rings. The van der Waals surface area contributed by atoms with E-state index in [1.807, 2.05) is 26.0 Å². The number of benzene rings is 1. The van der Waals surface area contributed by atoms with Crippen LogP contribution in [0.3, 0.4) is 0 Å². The van der Waals surface area contributed by atoms with Crippen molar-refractivity contribution in [2.75, 3.05) is 6.61 Å². The molecule has 4 heteroatoms. The Kier molecular flexibility index (Phi) is 3.68. The maximum absolute atomic E-state index is 10.6. The van der Waals surface area contributed by atoms with E-state index in [0.717, 1.165) is 16.7 Å².